The van der Waals surface area contributed by atoms with E-state index in [2.05, 4.69) is 30.9 Å². The molecule has 1 aliphatic heterocycles. The summed E-state index contributed by atoms with van der Waals surface area (Å²) in [6.45, 7) is 6.27. The van der Waals surface area contributed by atoms with Crippen LogP contribution < -0.4 is 4.90 Å². The van der Waals surface area contributed by atoms with Crippen molar-refractivity contribution in [1.82, 2.24) is 9.66 Å². The quantitative estimate of drug-likeness (QED) is 0.396. The highest BCUT2D eigenvalue weighted by Gasteiger charge is 2.28. The van der Waals surface area contributed by atoms with Gasteiger partial charge in [0.25, 0.3) is 0 Å². The molecule has 1 aliphatic rings. The first-order valence-electron chi connectivity index (χ1n) is 10.4. The van der Waals surface area contributed by atoms with Crippen LogP contribution in [0.15, 0.2) is 82.9 Å². The molecule has 0 spiro atoms. The molecule has 31 heavy (non-hydrogen) atoms. The zero-order valence-electron chi connectivity index (χ0n) is 17.5. The van der Waals surface area contributed by atoms with Crippen LogP contribution in [0.2, 0.25) is 5.02 Å². The minimum absolute atomic E-state index is 0.657. The summed E-state index contributed by atoms with van der Waals surface area (Å²) in [5.41, 5.74) is 6.35. The molecule has 1 aromatic heterocycles. The Balaban J connectivity index is 1.64. The van der Waals surface area contributed by atoms with Crippen LogP contribution in [-0.4, -0.2) is 34.2 Å². The first-order chi connectivity index (χ1) is 15.2. The van der Waals surface area contributed by atoms with Gasteiger partial charge in [0.15, 0.2) is 5.82 Å². The molecular weight excluding hydrogens is 406 g/mol. The van der Waals surface area contributed by atoms with Gasteiger partial charge in [0.1, 0.15) is 11.4 Å². The fourth-order valence-electron chi connectivity index (χ4n) is 3.89. The third-order valence-corrected chi connectivity index (χ3v) is 5.73. The maximum absolute atomic E-state index is 6.24. The number of anilines is 1. The Kier molecular flexibility index (Phi) is 5.04. The van der Waals surface area contributed by atoms with E-state index in [-0.39, 0.29) is 0 Å². The molecule has 0 N–H and O–H groups in total. The van der Waals surface area contributed by atoms with Crippen LogP contribution in [0, 0.1) is 0 Å². The average Bonchev–Trinajstić information content (AvgIpc) is 3.33. The molecule has 0 radical (unpaired) electrons. The zero-order valence-corrected chi connectivity index (χ0v) is 18.2. The van der Waals surface area contributed by atoms with Gasteiger partial charge >= 0.3 is 0 Å². The number of rotatable bonds is 5. The highest BCUT2D eigenvalue weighted by atomic mass is 35.5. The maximum atomic E-state index is 6.24. The Morgan fingerprint density at radius 3 is 2.39 bits per heavy atom. The van der Waals surface area contributed by atoms with E-state index in [1.165, 1.54) is 5.69 Å². The van der Waals surface area contributed by atoms with E-state index in [0.717, 1.165) is 52.6 Å². The largest absolute Gasteiger partial charge is 0.372 e. The lowest BCUT2D eigenvalue weighted by atomic mass is 10.1. The molecule has 0 atom stereocenters. The minimum atomic E-state index is 0.657. The van der Waals surface area contributed by atoms with E-state index in [1.54, 1.807) is 0 Å². The summed E-state index contributed by atoms with van der Waals surface area (Å²) in [6.07, 6.45) is 0. The molecule has 0 bridgehead atoms. The molecule has 6 heteroatoms. The molecule has 5 nitrogen and oxygen atoms in total. The smallest absolute Gasteiger partial charge is 0.183 e. The number of benzene rings is 3. The number of fused-ring (bicyclic) bond motifs is 3. The van der Waals surface area contributed by atoms with Gasteiger partial charge in [0.05, 0.1) is 16.7 Å². The molecule has 154 valence electrons. The monoisotopic (exact) mass is 427 g/mol. The Hall–Kier alpha value is -3.44. The molecule has 0 saturated carbocycles. The van der Waals surface area contributed by atoms with Crippen molar-refractivity contribution in [2.45, 2.75) is 13.8 Å². The first-order valence-corrected chi connectivity index (χ1v) is 10.8. The van der Waals surface area contributed by atoms with E-state index in [9.17, 15) is 0 Å². The lowest BCUT2D eigenvalue weighted by Crippen LogP contribution is -2.21. The molecule has 0 saturated heterocycles. The number of hydrogen-bond donors (Lipinski definition) is 0. The predicted octanol–water partition coefficient (Wildman–Crippen LogP) is 5.92. The fourth-order valence-corrected chi connectivity index (χ4v) is 4.06. The van der Waals surface area contributed by atoms with Crippen molar-refractivity contribution in [2.24, 2.45) is 10.1 Å². The van der Waals surface area contributed by atoms with Crippen molar-refractivity contribution in [3.63, 3.8) is 0 Å². The van der Waals surface area contributed by atoms with Crippen molar-refractivity contribution in [3.8, 4) is 0 Å². The zero-order chi connectivity index (χ0) is 21.4. The van der Waals surface area contributed by atoms with Gasteiger partial charge in [-0.05, 0) is 56.3 Å². The highest BCUT2D eigenvalue weighted by Crippen LogP contribution is 2.28. The van der Waals surface area contributed by atoms with Gasteiger partial charge in [0.2, 0.25) is 0 Å². The third kappa shape index (κ3) is 3.51. The van der Waals surface area contributed by atoms with Crippen molar-refractivity contribution in [3.05, 3.63) is 89.2 Å². The number of hydrogen-bond acceptors (Lipinski definition) is 4. The summed E-state index contributed by atoms with van der Waals surface area (Å²) in [5.74, 6) is 0.726. The summed E-state index contributed by atoms with van der Waals surface area (Å²) >= 11 is 6.24. The van der Waals surface area contributed by atoms with E-state index in [1.807, 2.05) is 65.3 Å². The molecule has 4 aromatic rings. The van der Waals surface area contributed by atoms with Gasteiger partial charge in [-0.1, -0.05) is 41.9 Å². The first kappa shape index (κ1) is 19.5. The Labute approximate surface area is 186 Å². The normalized spacial score (nSPS) is 14.2. The second kappa shape index (κ2) is 8.00. The Bertz CT molecular complexity index is 1300. The van der Waals surface area contributed by atoms with Crippen LogP contribution in [0.4, 0.5) is 11.4 Å². The summed E-state index contributed by atoms with van der Waals surface area (Å²) in [4.78, 5) is 12.1. The van der Waals surface area contributed by atoms with E-state index < -0.39 is 0 Å². The van der Waals surface area contributed by atoms with Gasteiger partial charge in [0, 0.05) is 29.4 Å². The van der Waals surface area contributed by atoms with Gasteiger partial charge in [-0.25, -0.2) is 14.7 Å². The molecule has 0 unspecified atom stereocenters. The summed E-state index contributed by atoms with van der Waals surface area (Å²) in [7, 11) is 0. The second-order valence-corrected chi connectivity index (χ2v) is 7.78. The van der Waals surface area contributed by atoms with Gasteiger partial charge in [-0.3, -0.25) is 0 Å². The standard InChI is InChI=1S/C25H22ClN5/c1-3-30(4-2)20-13-11-19(12-14-20)27-24-23(17-8-6-5-7-9-17)29-31-22-16-18(26)10-15-21(22)28-25(24)31/h5-16H,3-4H2,1-2H3. The predicted molar refractivity (Wildman–Crippen MR) is 129 cm³/mol. The van der Waals surface area contributed by atoms with Gasteiger partial charge in [-0.15, -0.1) is 0 Å². The molecule has 3 aromatic carbocycles. The van der Waals surface area contributed by atoms with Crippen molar-refractivity contribution < 1.29 is 0 Å². The SMILES string of the molecule is CCN(CC)c1ccc(N=C2C(c3ccccc3)=Nn3c2nc2ccc(Cl)cc23)cc1. The summed E-state index contributed by atoms with van der Waals surface area (Å²) in [6, 6.07) is 24.1. The van der Waals surface area contributed by atoms with Crippen molar-refractivity contribution in [1.29, 1.82) is 0 Å². The van der Waals surface area contributed by atoms with Crippen LogP contribution in [0.3, 0.4) is 0 Å². The highest BCUT2D eigenvalue weighted by molar-refractivity contribution is 6.54. The molecular formula is C25H22ClN5. The number of imidazole rings is 1. The molecule has 0 amide bonds. The van der Waals surface area contributed by atoms with Crippen LogP contribution in [-0.2, 0) is 0 Å². The van der Waals surface area contributed by atoms with E-state index in [4.69, 9.17) is 26.7 Å². The van der Waals surface area contributed by atoms with Crippen LogP contribution in [0.5, 0.6) is 0 Å². The van der Waals surface area contributed by atoms with E-state index in [0.29, 0.717) is 5.02 Å². The molecule has 0 fully saturated rings. The van der Waals surface area contributed by atoms with E-state index >= 15 is 0 Å². The van der Waals surface area contributed by atoms with Gasteiger partial charge < -0.3 is 4.90 Å². The third-order valence-electron chi connectivity index (χ3n) is 5.50. The lowest BCUT2D eigenvalue weighted by molar-refractivity contribution is 0.866. The molecule has 0 aliphatic carbocycles. The number of aliphatic imine (C=N–C) groups is 1. The molecule has 5 rings (SSSR count). The minimum Gasteiger partial charge on any atom is -0.372 e. The number of aromatic nitrogens is 2. The lowest BCUT2D eigenvalue weighted by Gasteiger charge is -2.20. The summed E-state index contributed by atoms with van der Waals surface area (Å²) < 4.78 is 1.84. The van der Waals surface area contributed by atoms with Crippen LogP contribution in [0.1, 0.15) is 25.2 Å². The van der Waals surface area contributed by atoms with Crippen LogP contribution in [0.25, 0.3) is 11.0 Å². The van der Waals surface area contributed by atoms with Crippen molar-refractivity contribution in [2.75, 3.05) is 18.0 Å². The number of nitrogens with zero attached hydrogens (tertiary/aromatic N) is 5. The fraction of sp³-hybridized carbons (Fsp3) is 0.160. The van der Waals surface area contributed by atoms with Crippen LogP contribution >= 0.6 is 11.6 Å². The second-order valence-electron chi connectivity index (χ2n) is 7.34. The number of halogens is 1. The Morgan fingerprint density at radius 2 is 1.68 bits per heavy atom. The maximum Gasteiger partial charge on any atom is 0.183 e. The van der Waals surface area contributed by atoms with Gasteiger partial charge in [-0.2, -0.15) is 5.10 Å². The summed E-state index contributed by atoms with van der Waals surface area (Å²) in [5, 5.41) is 5.53. The Morgan fingerprint density at radius 1 is 0.935 bits per heavy atom. The average molecular weight is 428 g/mol. The van der Waals surface area contributed by atoms with Crippen molar-refractivity contribution >= 4 is 45.4 Å². The molecule has 2 heterocycles. The topological polar surface area (TPSA) is 45.8 Å².